The molecule has 154 valence electrons. The van der Waals surface area contributed by atoms with Crippen molar-refractivity contribution in [1.82, 2.24) is 24.7 Å². The summed E-state index contributed by atoms with van der Waals surface area (Å²) in [6, 6.07) is 9.70. The smallest absolute Gasteiger partial charge is 0.191 e. The lowest BCUT2D eigenvalue weighted by Gasteiger charge is -2.10. The third kappa shape index (κ3) is 4.03. The number of pyridine rings is 1. The number of benzene rings is 1. The number of hydrogen-bond acceptors (Lipinski definition) is 8. The van der Waals surface area contributed by atoms with E-state index in [0.717, 1.165) is 39.4 Å². The van der Waals surface area contributed by atoms with Crippen molar-refractivity contribution in [2.24, 2.45) is 0 Å². The van der Waals surface area contributed by atoms with E-state index in [4.69, 9.17) is 14.5 Å². The zero-order chi connectivity index (χ0) is 20.9. The fourth-order valence-corrected chi connectivity index (χ4v) is 4.93. The Hall–Kier alpha value is -2.91. The van der Waals surface area contributed by atoms with Crippen molar-refractivity contribution in [2.75, 3.05) is 14.2 Å². The first-order valence-electron chi connectivity index (χ1n) is 9.37. The van der Waals surface area contributed by atoms with Crippen LogP contribution in [0.3, 0.4) is 0 Å². The normalized spacial score (nSPS) is 10.9. The van der Waals surface area contributed by atoms with Crippen LogP contribution in [0.5, 0.6) is 11.5 Å². The quantitative estimate of drug-likeness (QED) is 0.365. The molecular formula is C21H21N5O2S2. The lowest BCUT2D eigenvalue weighted by Crippen LogP contribution is -2.00. The van der Waals surface area contributed by atoms with E-state index in [1.54, 1.807) is 49.7 Å². The highest BCUT2D eigenvalue weighted by Crippen LogP contribution is 2.39. The number of methoxy groups -OCH3 is 2. The number of ether oxygens (including phenoxy) is 2. The summed E-state index contributed by atoms with van der Waals surface area (Å²) in [5.41, 5.74) is 2.92. The van der Waals surface area contributed by atoms with Gasteiger partial charge < -0.3 is 14.0 Å². The van der Waals surface area contributed by atoms with E-state index in [1.807, 2.05) is 30.3 Å². The summed E-state index contributed by atoms with van der Waals surface area (Å²) in [5.74, 6) is 2.95. The fourth-order valence-electron chi connectivity index (χ4n) is 3.09. The highest BCUT2D eigenvalue weighted by molar-refractivity contribution is 7.98. The molecule has 0 saturated heterocycles. The van der Waals surface area contributed by atoms with Crippen LogP contribution < -0.4 is 9.47 Å². The molecule has 9 heteroatoms. The fraction of sp³-hybridized carbons (Fsp3) is 0.238. The Morgan fingerprint density at radius 1 is 1.07 bits per heavy atom. The number of para-hydroxylation sites is 1. The molecule has 0 N–H and O–H groups in total. The number of aromatic nitrogens is 5. The second kappa shape index (κ2) is 9.27. The third-order valence-corrected chi connectivity index (χ3v) is 6.43. The molecule has 0 aliphatic carbocycles. The lowest BCUT2D eigenvalue weighted by molar-refractivity contribution is 0.356. The topological polar surface area (TPSA) is 75.0 Å². The van der Waals surface area contributed by atoms with Crippen LogP contribution in [0.25, 0.3) is 22.0 Å². The van der Waals surface area contributed by atoms with Crippen LogP contribution in [0.15, 0.2) is 53.3 Å². The van der Waals surface area contributed by atoms with Crippen LogP contribution >= 0.6 is 23.1 Å². The predicted molar refractivity (Wildman–Crippen MR) is 119 cm³/mol. The molecule has 4 rings (SSSR count). The number of rotatable bonds is 8. The maximum atomic E-state index is 5.55. The minimum Gasteiger partial charge on any atom is -0.493 e. The highest BCUT2D eigenvalue weighted by Gasteiger charge is 2.16. The van der Waals surface area contributed by atoms with Crippen LogP contribution in [0, 0.1) is 0 Å². The van der Waals surface area contributed by atoms with Gasteiger partial charge in [-0.05, 0) is 31.2 Å². The Morgan fingerprint density at radius 3 is 2.63 bits per heavy atom. The van der Waals surface area contributed by atoms with Crippen molar-refractivity contribution in [1.29, 1.82) is 0 Å². The van der Waals surface area contributed by atoms with Gasteiger partial charge in [-0.15, -0.1) is 21.5 Å². The molecule has 0 atom stereocenters. The Kier molecular flexibility index (Phi) is 6.29. The number of nitrogens with zero attached hydrogens (tertiary/aromatic N) is 5. The zero-order valence-electron chi connectivity index (χ0n) is 16.9. The van der Waals surface area contributed by atoms with E-state index >= 15 is 0 Å². The van der Waals surface area contributed by atoms with Crippen molar-refractivity contribution in [3.05, 3.63) is 53.8 Å². The highest BCUT2D eigenvalue weighted by atomic mass is 32.2. The molecule has 30 heavy (non-hydrogen) atoms. The van der Waals surface area contributed by atoms with Gasteiger partial charge in [-0.2, -0.15) is 0 Å². The van der Waals surface area contributed by atoms with Crippen molar-refractivity contribution in [2.45, 2.75) is 24.4 Å². The Balaban J connectivity index is 1.53. The Morgan fingerprint density at radius 2 is 1.90 bits per heavy atom. The molecule has 3 heterocycles. The van der Waals surface area contributed by atoms with Crippen molar-refractivity contribution in [3.63, 3.8) is 0 Å². The van der Waals surface area contributed by atoms with E-state index < -0.39 is 0 Å². The maximum Gasteiger partial charge on any atom is 0.191 e. The first-order valence-corrected chi connectivity index (χ1v) is 11.2. The van der Waals surface area contributed by atoms with Crippen molar-refractivity contribution >= 4 is 23.1 Å². The summed E-state index contributed by atoms with van der Waals surface area (Å²) >= 11 is 3.22. The standard InChI is InChI=1S/C21H21N5O2S2/c1-4-26-19(14-8-10-22-11-9-14)24-25-21(26)30-13-15-12-29-20(23-15)16-6-5-7-17(27-2)18(16)28-3/h5-12H,4,13H2,1-3H3. The molecule has 0 saturated carbocycles. The number of thiazole rings is 1. The molecule has 4 aromatic rings. The minimum absolute atomic E-state index is 0.695. The SMILES string of the molecule is CCn1c(SCc2csc(-c3cccc(OC)c3OC)n2)nnc1-c1ccncc1. The second-order valence-corrected chi connectivity index (χ2v) is 8.06. The summed E-state index contributed by atoms with van der Waals surface area (Å²) in [6.07, 6.45) is 3.53. The monoisotopic (exact) mass is 439 g/mol. The van der Waals surface area contributed by atoms with Crippen LogP contribution in [-0.4, -0.2) is 39.0 Å². The van der Waals surface area contributed by atoms with E-state index in [0.29, 0.717) is 17.3 Å². The van der Waals surface area contributed by atoms with Crippen molar-refractivity contribution < 1.29 is 9.47 Å². The first-order chi connectivity index (χ1) is 14.7. The summed E-state index contributed by atoms with van der Waals surface area (Å²) < 4.78 is 13.1. The summed E-state index contributed by atoms with van der Waals surface area (Å²) in [6.45, 7) is 2.88. The summed E-state index contributed by atoms with van der Waals surface area (Å²) in [5, 5.41) is 12.6. The van der Waals surface area contributed by atoms with Gasteiger partial charge in [-0.3, -0.25) is 4.98 Å². The van der Waals surface area contributed by atoms with Gasteiger partial charge in [0.25, 0.3) is 0 Å². The van der Waals surface area contributed by atoms with E-state index in [-0.39, 0.29) is 0 Å². The molecule has 1 aromatic carbocycles. The molecular weight excluding hydrogens is 418 g/mol. The first kappa shape index (κ1) is 20.4. The maximum absolute atomic E-state index is 5.55. The summed E-state index contributed by atoms with van der Waals surface area (Å²) in [7, 11) is 3.28. The van der Waals surface area contributed by atoms with Gasteiger partial charge in [0, 0.05) is 35.6 Å². The average molecular weight is 440 g/mol. The lowest BCUT2D eigenvalue weighted by atomic mass is 10.2. The molecule has 0 unspecified atom stereocenters. The largest absolute Gasteiger partial charge is 0.493 e. The van der Waals surface area contributed by atoms with Gasteiger partial charge >= 0.3 is 0 Å². The van der Waals surface area contributed by atoms with Gasteiger partial charge in [-0.25, -0.2) is 4.98 Å². The van der Waals surface area contributed by atoms with Gasteiger partial charge in [0.05, 0.1) is 25.5 Å². The molecule has 0 bridgehead atoms. The van der Waals surface area contributed by atoms with E-state index in [2.05, 4.69) is 32.1 Å². The predicted octanol–water partition coefficient (Wildman–Crippen LogP) is 4.79. The third-order valence-electron chi connectivity index (χ3n) is 4.51. The molecule has 3 aromatic heterocycles. The Bertz CT molecular complexity index is 1130. The number of hydrogen-bond donors (Lipinski definition) is 0. The molecule has 7 nitrogen and oxygen atoms in total. The molecule has 0 aliphatic rings. The second-order valence-electron chi connectivity index (χ2n) is 6.26. The molecule has 0 aliphatic heterocycles. The van der Waals surface area contributed by atoms with Gasteiger partial charge in [0.15, 0.2) is 22.5 Å². The van der Waals surface area contributed by atoms with Crippen LogP contribution in [0.4, 0.5) is 0 Å². The van der Waals surface area contributed by atoms with Crippen LogP contribution in [0.1, 0.15) is 12.6 Å². The molecule has 0 amide bonds. The zero-order valence-corrected chi connectivity index (χ0v) is 18.5. The molecule has 0 fully saturated rings. The minimum atomic E-state index is 0.695. The van der Waals surface area contributed by atoms with Gasteiger partial charge in [0.2, 0.25) is 0 Å². The van der Waals surface area contributed by atoms with Crippen LogP contribution in [0.2, 0.25) is 0 Å². The van der Waals surface area contributed by atoms with Gasteiger partial charge in [-0.1, -0.05) is 17.8 Å². The van der Waals surface area contributed by atoms with Crippen LogP contribution in [-0.2, 0) is 12.3 Å². The summed E-state index contributed by atoms with van der Waals surface area (Å²) in [4.78, 5) is 8.87. The molecule has 0 radical (unpaired) electrons. The Labute approximate surface area is 183 Å². The average Bonchev–Trinajstić information content (AvgIpc) is 3.44. The van der Waals surface area contributed by atoms with Crippen molar-refractivity contribution in [3.8, 4) is 33.5 Å². The van der Waals surface area contributed by atoms with E-state index in [1.165, 1.54) is 0 Å². The van der Waals surface area contributed by atoms with E-state index in [9.17, 15) is 0 Å². The molecule has 0 spiro atoms. The van der Waals surface area contributed by atoms with Gasteiger partial charge in [0.1, 0.15) is 5.01 Å². The number of thioether (sulfide) groups is 1.